The van der Waals surface area contributed by atoms with E-state index in [0.717, 1.165) is 18.0 Å². The SMILES string of the molecule is CC(C)C[C@@H]1CCCCN1C(C)C. The highest BCUT2D eigenvalue weighted by Gasteiger charge is 2.24. The first-order valence-electron chi connectivity index (χ1n) is 5.87. The molecule has 0 radical (unpaired) electrons. The quantitative estimate of drug-likeness (QED) is 0.649. The molecular weight excluding hydrogens is 158 g/mol. The van der Waals surface area contributed by atoms with Gasteiger partial charge in [0.25, 0.3) is 0 Å². The number of piperidine rings is 1. The highest BCUT2D eigenvalue weighted by molar-refractivity contribution is 4.79. The maximum Gasteiger partial charge on any atom is 0.0100 e. The number of rotatable bonds is 3. The molecule has 1 atom stereocenters. The van der Waals surface area contributed by atoms with Gasteiger partial charge in [0, 0.05) is 12.1 Å². The molecule has 1 aliphatic heterocycles. The molecule has 1 heterocycles. The van der Waals surface area contributed by atoms with Gasteiger partial charge in [0.2, 0.25) is 0 Å². The van der Waals surface area contributed by atoms with E-state index in [-0.39, 0.29) is 0 Å². The van der Waals surface area contributed by atoms with Crippen molar-refractivity contribution in [2.75, 3.05) is 6.54 Å². The van der Waals surface area contributed by atoms with Gasteiger partial charge in [-0.1, -0.05) is 20.3 Å². The molecule has 0 aromatic carbocycles. The molecule has 1 heteroatoms. The Morgan fingerprint density at radius 1 is 1.15 bits per heavy atom. The molecule has 13 heavy (non-hydrogen) atoms. The minimum atomic E-state index is 0.740. The van der Waals surface area contributed by atoms with Crippen molar-refractivity contribution in [2.45, 2.75) is 65.5 Å². The van der Waals surface area contributed by atoms with E-state index in [4.69, 9.17) is 0 Å². The second-order valence-electron chi connectivity index (χ2n) is 5.11. The average Bonchev–Trinajstić information content (AvgIpc) is 2.03. The van der Waals surface area contributed by atoms with Crippen molar-refractivity contribution >= 4 is 0 Å². The van der Waals surface area contributed by atoms with Gasteiger partial charge in [-0.2, -0.15) is 0 Å². The molecule has 1 rings (SSSR count). The van der Waals surface area contributed by atoms with Crippen LogP contribution in [0.5, 0.6) is 0 Å². The van der Waals surface area contributed by atoms with Crippen LogP contribution >= 0.6 is 0 Å². The maximum atomic E-state index is 2.70. The second-order valence-corrected chi connectivity index (χ2v) is 5.11. The lowest BCUT2D eigenvalue weighted by molar-refractivity contribution is 0.0965. The van der Waals surface area contributed by atoms with Gasteiger partial charge >= 0.3 is 0 Å². The van der Waals surface area contributed by atoms with Crippen molar-refractivity contribution in [1.29, 1.82) is 0 Å². The number of hydrogen-bond acceptors (Lipinski definition) is 1. The molecule has 0 N–H and O–H groups in total. The topological polar surface area (TPSA) is 3.24 Å². The normalized spacial score (nSPS) is 25.8. The fraction of sp³-hybridized carbons (Fsp3) is 1.00. The third-order valence-corrected chi connectivity index (χ3v) is 3.08. The summed E-state index contributed by atoms with van der Waals surface area (Å²) in [6.45, 7) is 10.7. The monoisotopic (exact) mass is 183 g/mol. The first-order valence-corrected chi connectivity index (χ1v) is 5.87. The molecule has 1 aliphatic rings. The van der Waals surface area contributed by atoms with Gasteiger partial charge in [-0.05, 0) is 45.6 Å². The first-order chi connectivity index (χ1) is 6.11. The number of likely N-dealkylation sites (tertiary alicyclic amines) is 1. The van der Waals surface area contributed by atoms with Crippen molar-refractivity contribution < 1.29 is 0 Å². The van der Waals surface area contributed by atoms with Crippen LogP contribution in [0.4, 0.5) is 0 Å². The van der Waals surface area contributed by atoms with Crippen LogP contribution in [0.3, 0.4) is 0 Å². The van der Waals surface area contributed by atoms with E-state index in [1.807, 2.05) is 0 Å². The smallest absolute Gasteiger partial charge is 0.0100 e. The maximum absolute atomic E-state index is 2.70. The van der Waals surface area contributed by atoms with Crippen molar-refractivity contribution in [3.8, 4) is 0 Å². The Kier molecular flexibility index (Phi) is 4.24. The molecular formula is C12H25N. The molecule has 0 saturated carbocycles. The Morgan fingerprint density at radius 2 is 1.85 bits per heavy atom. The summed E-state index contributed by atoms with van der Waals surface area (Å²) in [6, 6.07) is 1.61. The van der Waals surface area contributed by atoms with E-state index in [1.54, 1.807) is 0 Å². The van der Waals surface area contributed by atoms with Crippen molar-refractivity contribution in [1.82, 2.24) is 4.90 Å². The van der Waals surface area contributed by atoms with Crippen LogP contribution in [0.15, 0.2) is 0 Å². The van der Waals surface area contributed by atoms with Gasteiger partial charge in [-0.25, -0.2) is 0 Å². The van der Waals surface area contributed by atoms with Crippen LogP contribution in [0, 0.1) is 5.92 Å². The molecule has 0 unspecified atom stereocenters. The Morgan fingerprint density at radius 3 is 2.38 bits per heavy atom. The van der Waals surface area contributed by atoms with Crippen LogP contribution in [-0.2, 0) is 0 Å². The zero-order valence-corrected chi connectivity index (χ0v) is 9.71. The minimum absolute atomic E-state index is 0.740. The van der Waals surface area contributed by atoms with Crippen molar-refractivity contribution in [3.63, 3.8) is 0 Å². The number of hydrogen-bond donors (Lipinski definition) is 0. The van der Waals surface area contributed by atoms with Gasteiger partial charge < -0.3 is 0 Å². The summed E-state index contributed by atoms with van der Waals surface area (Å²) in [5.41, 5.74) is 0. The predicted octanol–water partition coefficient (Wildman–Crippen LogP) is 3.30. The lowest BCUT2D eigenvalue weighted by Gasteiger charge is -2.39. The Labute approximate surface area is 83.5 Å². The zero-order valence-electron chi connectivity index (χ0n) is 9.71. The molecule has 0 aromatic heterocycles. The highest BCUT2D eigenvalue weighted by atomic mass is 15.2. The first kappa shape index (κ1) is 11.0. The summed E-state index contributed by atoms with van der Waals surface area (Å²) in [5.74, 6) is 0.851. The van der Waals surface area contributed by atoms with Crippen LogP contribution in [0.2, 0.25) is 0 Å². The van der Waals surface area contributed by atoms with Gasteiger partial charge in [0.05, 0.1) is 0 Å². The van der Waals surface area contributed by atoms with E-state index in [0.29, 0.717) is 0 Å². The standard InChI is InChI=1S/C12H25N/c1-10(2)9-12-7-5-6-8-13(12)11(3)4/h10-12H,5-9H2,1-4H3/t12-/m0/s1. The van der Waals surface area contributed by atoms with Crippen LogP contribution in [-0.4, -0.2) is 23.5 Å². The largest absolute Gasteiger partial charge is 0.298 e. The third kappa shape index (κ3) is 3.30. The summed E-state index contributed by atoms with van der Waals surface area (Å²) in [6.07, 6.45) is 5.67. The van der Waals surface area contributed by atoms with Gasteiger partial charge in [0.1, 0.15) is 0 Å². The van der Waals surface area contributed by atoms with Crippen LogP contribution in [0.25, 0.3) is 0 Å². The summed E-state index contributed by atoms with van der Waals surface area (Å²) >= 11 is 0. The molecule has 1 fully saturated rings. The minimum Gasteiger partial charge on any atom is -0.298 e. The Balaban J connectivity index is 2.46. The molecule has 0 aromatic rings. The summed E-state index contributed by atoms with van der Waals surface area (Å²) in [5, 5.41) is 0. The van der Waals surface area contributed by atoms with Crippen molar-refractivity contribution in [2.24, 2.45) is 5.92 Å². The molecule has 78 valence electrons. The lowest BCUT2D eigenvalue weighted by atomic mass is 9.93. The Hall–Kier alpha value is -0.0400. The van der Waals surface area contributed by atoms with Crippen LogP contribution < -0.4 is 0 Å². The Bertz CT molecular complexity index is 140. The van der Waals surface area contributed by atoms with E-state index < -0.39 is 0 Å². The highest BCUT2D eigenvalue weighted by Crippen LogP contribution is 2.24. The molecule has 1 saturated heterocycles. The van der Waals surface area contributed by atoms with Gasteiger partial charge in [0.15, 0.2) is 0 Å². The summed E-state index contributed by atoms with van der Waals surface area (Å²) < 4.78 is 0. The van der Waals surface area contributed by atoms with Crippen molar-refractivity contribution in [3.05, 3.63) is 0 Å². The second kappa shape index (κ2) is 4.99. The summed E-state index contributed by atoms with van der Waals surface area (Å²) in [7, 11) is 0. The average molecular weight is 183 g/mol. The summed E-state index contributed by atoms with van der Waals surface area (Å²) in [4.78, 5) is 2.70. The molecule has 1 nitrogen and oxygen atoms in total. The van der Waals surface area contributed by atoms with E-state index >= 15 is 0 Å². The van der Waals surface area contributed by atoms with E-state index in [2.05, 4.69) is 32.6 Å². The lowest BCUT2D eigenvalue weighted by Crippen LogP contribution is -2.44. The number of nitrogens with zero attached hydrogens (tertiary/aromatic N) is 1. The van der Waals surface area contributed by atoms with Gasteiger partial charge in [-0.3, -0.25) is 4.90 Å². The molecule has 0 spiro atoms. The molecule has 0 aliphatic carbocycles. The fourth-order valence-electron chi connectivity index (χ4n) is 2.50. The van der Waals surface area contributed by atoms with Crippen LogP contribution in [0.1, 0.15) is 53.4 Å². The fourth-order valence-corrected chi connectivity index (χ4v) is 2.50. The van der Waals surface area contributed by atoms with E-state index in [1.165, 1.54) is 32.2 Å². The third-order valence-electron chi connectivity index (χ3n) is 3.08. The van der Waals surface area contributed by atoms with Gasteiger partial charge in [-0.15, -0.1) is 0 Å². The molecule has 0 bridgehead atoms. The predicted molar refractivity (Wildman–Crippen MR) is 58.9 cm³/mol. The molecule has 0 amide bonds. The van der Waals surface area contributed by atoms with E-state index in [9.17, 15) is 0 Å². The zero-order chi connectivity index (χ0) is 9.84.